The van der Waals surface area contributed by atoms with Crippen molar-refractivity contribution in [3.8, 4) is 50.5 Å². The Morgan fingerprint density at radius 2 is 0.873 bits per heavy atom. The summed E-state index contributed by atoms with van der Waals surface area (Å²) in [6, 6.07) is 83.9. The Balaban J connectivity index is 1.07. The van der Waals surface area contributed by atoms with Crippen LogP contribution in [0.4, 0.5) is 17.3 Å². The van der Waals surface area contributed by atoms with Gasteiger partial charge >= 0.3 is 0 Å². The fourth-order valence-electron chi connectivity index (χ4n) is 10.6. The number of fused-ring (bicyclic) bond motifs is 13. The SMILES string of the molecule is c1ccc(-c2ccc(-n3c4ccccc4c4c5c(ccc43)[Si]3(c4ccccc4-5)c4ccccc4N(c4nc(-c5ccccc5)cc(-c5ccccc5)n4)c4ccccc43)cc2)cc1. The first-order valence-corrected chi connectivity index (χ1v) is 23.6. The highest BCUT2D eigenvalue weighted by atomic mass is 28.3. The summed E-state index contributed by atoms with van der Waals surface area (Å²) in [5.74, 6) is 0.655. The molecular weight excluding hydrogens is 781 g/mol. The average molecular weight is 819 g/mol. The van der Waals surface area contributed by atoms with E-state index in [-0.39, 0.29) is 0 Å². The predicted molar refractivity (Wildman–Crippen MR) is 264 cm³/mol. The first-order chi connectivity index (χ1) is 31.3. The fraction of sp³-hybridized carbons (Fsp3) is 0. The van der Waals surface area contributed by atoms with Gasteiger partial charge in [0.15, 0.2) is 8.07 Å². The number of para-hydroxylation sites is 3. The molecule has 4 nitrogen and oxygen atoms in total. The number of hydrogen-bond donors (Lipinski definition) is 0. The molecular formula is C58H38N4Si. The Hall–Kier alpha value is -8.12. The van der Waals surface area contributed by atoms with Crippen molar-refractivity contribution in [2.24, 2.45) is 0 Å². The Kier molecular flexibility index (Phi) is 7.89. The van der Waals surface area contributed by atoms with Crippen LogP contribution in [0.5, 0.6) is 0 Å². The minimum atomic E-state index is -2.96. The Morgan fingerprint density at radius 3 is 1.51 bits per heavy atom. The molecule has 0 saturated carbocycles. The van der Waals surface area contributed by atoms with Crippen molar-refractivity contribution < 1.29 is 0 Å². The Labute approximate surface area is 366 Å². The summed E-state index contributed by atoms with van der Waals surface area (Å²) in [4.78, 5) is 13.1. The summed E-state index contributed by atoms with van der Waals surface area (Å²) < 4.78 is 2.46. The molecule has 1 spiro atoms. The number of anilines is 3. The lowest BCUT2D eigenvalue weighted by Gasteiger charge is -2.42. The van der Waals surface area contributed by atoms with Gasteiger partial charge in [-0.3, -0.25) is 4.90 Å². The van der Waals surface area contributed by atoms with Gasteiger partial charge in [-0.2, -0.15) is 0 Å². The highest BCUT2D eigenvalue weighted by Gasteiger charge is 2.54. The van der Waals surface area contributed by atoms with Gasteiger partial charge in [-0.05, 0) is 85.5 Å². The molecule has 63 heavy (non-hydrogen) atoms. The molecule has 2 aliphatic rings. The van der Waals surface area contributed by atoms with Crippen molar-refractivity contribution in [1.82, 2.24) is 14.5 Å². The van der Waals surface area contributed by atoms with Gasteiger partial charge in [-0.15, -0.1) is 0 Å². The van der Waals surface area contributed by atoms with Crippen molar-refractivity contribution in [1.29, 1.82) is 0 Å². The molecule has 13 rings (SSSR count). The molecule has 0 atom stereocenters. The lowest BCUT2D eigenvalue weighted by molar-refractivity contribution is 1.09. The standard InChI is InChI=1S/C58H38N4Si/c1-4-18-39(19-5-1)40-32-34-43(35-33-40)61-48-26-12-10-24-44(48)56-51(61)36-37-55-57(56)45-25-11-15-29-52(45)63(55)53-30-16-13-27-49(53)62(50-28-14-17-31-54(50)63)58-59-46(41-20-6-2-7-21-41)38-47(60-58)42-22-8-3-9-23-42/h1-38H. The number of nitrogens with zero attached hydrogens (tertiary/aromatic N) is 4. The van der Waals surface area contributed by atoms with Gasteiger partial charge in [-0.1, -0.05) is 188 Å². The molecule has 2 aromatic heterocycles. The predicted octanol–water partition coefficient (Wildman–Crippen LogP) is 11.7. The van der Waals surface area contributed by atoms with E-state index in [1.165, 1.54) is 64.8 Å². The van der Waals surface area contributed by atoms with E-state index in [1.807, 2.05) is 0 Å². The van der Waals surface area contributed by atoms with Crippen molar-refractivity contribution in [3.05, 3.63) is 231 Å². The van der Waals surface area contributed by atoms with Crippen LogP contribution in [-0.4, -0.2) is 22.6 Å². The highest BCUT2D eigenvalue weighted by Crippen LogP contribution is 2.45. The zero-order valence-electron chi connectivity index (χ0n) is 34.2. The third-order valence-electron chi connectivity index (χ3n) is 13.2. The molecule has 0 saturated heterocycles. The van der Waals surface area contributed by atoms with E-state index in [4.69, 9.17) is 9.97 Å². The summed E-state index contributed by atoms with van der Waals surface area (Å²) in [6.45, 7) is 0. The van der Waals surface area contributed by atoms with E-state index >= 15 is 0 Å². The van der Waals surface area contributed by atoms with Crippen LogP contribution in [0.15, 0.2) is 231 Å². The van der Waals surface area contributed by atoms with E-state index < -0.39 is 8.07 Å². The average Bonchev–Trinajstić information content (AvgIpc) is 3.86. The molecule has 9 aromatic carbocycles. The molecule has 0 aliphatic carbocycles. The second-order valence-electron chi connectivity index (χ2n) is 16.5. The summed E-state index contributed by atoms with van der Waals surface area (Å²) in [7, 11) is -2.96. The smallest absolute Gasteiger partial charge is 0.235 e. The van der Waals surface area contributed by atoms with E-state index in [9.17, 15) is 0 Å². The number of hydrogen-bond acceptors (Lipinski definition) is 3. The monoisotopic (exact) mass is 818 g/mol. The second kappa shape index (κ2) is 14.0. The minimum Gasteiger partial charge on any atom is -0.309 e. The highest BCUT2D eigenvalue weighted by molar-refractivity contribution is 7.23. The maximum Gasteiger partial charge on any atom is 0.235 e. The first kappa shape index (κ1) is 35.6. The molecule has 2 aliphatic heterocycles. The summed E-state index contributed by atoms with van der Waals surface area (Å²) in [6.07, 6.45) is 0. The van der Waals surface area contributed by atoms with Gasteiger partial charge in [-0.25, -0.2) is 9.97 Å². The third kappa shape index (κ3) is 5.21. The zero-order chi connectivity index (χ0) is 41.5. The van der Waals surface area contributed by atoms with Crippen molar-refractivity contribution in [3.63, 3.8) is 0 Å². The van der Waals surface area contributed by atoms with Gasteiger partial charge in [0.25, 0.3) is 0 Å². The molecule has 0 N–H and O–H groups in total. The quantitative estimate of drug-likeness (QED) is 0.162. The number of aromatic nitrogens is 3. The van der Waals surface area contributed by atoms with Crippen LogP contribution in [0, 0.1) is 0 Å². The maximum absolute atomic E-state index is 5.41. The largest absolute Gasteiger partial charge is 0.309 e. The molecule has 11 aromatic rings. The molecule has 0 bridgehead atoms. The van der Waals surface area contributed by atoms with Crippen LogP contribution in [0.1, 0.15) is 0 Å². The molecule has 0 amide bonds. The van der Waals surface area contributed by atoms with E-state index in [0.717, 1.165) is 39.6 Å². The van der Waals surface area contributed by atoms with Gasteiger partial charge in [0.2, 0.25) is 5.95 Å². The van der Waals surface area contributed by atoms with Crippen molar-refractivity contribution in [2.45, 2.75) is 0 Å². The van der Waals surface area contributed by atoms with Gasteiger partial charge in [0.05, 0.1) is 22.4 Å². The maximum atomic E-state index is 5.41. The number of benzene rings is 9. The second-order valence-corrected chi connectivity index (χ2v) is 20.1. The summed E-state index contributed by atoms with van der Waals surface area (Å²) in [5, 5.41) is 8.07. The van der Waals surface area contributed by atoms with Crippen molar-refractivity contribution >= 4 is 67.9 Å². The molecule has 0 unspecified atom stereocenters. The zero-order valence-corrected chi connectivity index (χ0v) is 35.2. The third-order valence-corrected chi connectivity index (χ3v) is 18.2. The lowest BCUT2D eigenvalue weighted by atomic mass is 9.99. The van der Waals surface area contributed by atoms with Crippen LogP contribution in [0.25, 0.3) is 72.3 Å². The van der Waals surface area contributed by atoms with Crippen LogP contribution in [0.3, 0.4) is 0 Å². The molecule has 5 heteroatoms. The summed E-state index contributed by atoms with van der Waals surface area (Å²) >= 11 is 0. The number of rotatable bonds is 5. The van der Waals surface area contributed by atoms with E-state index in [0.29, 0.717) is 5.95 Å². The van der Waals surface area contributed by atoms with Crippen LogP contribution < -0.4 is 25.6 Å². The van der Waals surface area contributed by atoms with Gasteiger partial charge < -0.3 is 4.57 Å². The topological polar surface area (TPSA) is 34.0 Å². The van der Waals surface area contributed by atoms with Crippen molar-refractivity contribution in [2.75, 3.05) is 4.90 Å². The van der Waals surface area contributed by atoms with E-state index in [2.05, 4.69) is 240 Å². The molecule has 0 radical (unpaired) electrons. The fourth-order valence-corrected chi connectivity index (χ4v) is 16.1. The molecule has 0 fully saturated rings. The molecule has 294 valence electrons. The van der Waals surface area contributed by atoms with Crippen LogP contribution in [0.2, 0.25) is 0 Å². The first-order valence-electron chi connectivity index (χ1n) is 21.6. The molecule has 4 heterocycles. The minimum absolute atomic E-state index is 0.655. The normalized spacial score (nSPS) is 13.2. The Morgan fingerprint density at radius 1 is 0.365 bits per heavy atom. The van der Waals surface area contributed by atoms with Gasteiger partial charge in [0.1, 0.15) is 0 Å². The van der Waals surface area contributed by atoms with Crippen LogP contribution in [-0.2, 0) is 0 Å². The van der Waals surface area contributed by atoms with Gasteiger partial charge in [0, 0.05) is 39.0 Å². The summed E-state index contributed by atoms with van der Waals surface area (Å²) in [5.41, 5.74) is 14.8. The van der Waals surface area contributed by atoms with E-state index in [1.54, 1.807) is 0 Å². The van der Waals surface area contributed by atoms with Crippen LogP contribution >= 0.6 is 0 Å². The lowest BCUT2D eigenvalue weighted by Crippen LogP contribution is -2.75. The Bertz CT molecular complexity index is 3460.